The van der Waals surface area contributed by atoms with E-state index in [1.807, 2.05) is 12.1 Å². The molecule has 1 rings (SSSR count). The number of benzene rings is 1. The van der Waals surface area contributed by atoms with Crippen molar-refractivity contribution in [2.24, 2.45) is 0 Å². The van der Waals surface area contributed by atoms with Gasteiger partial charge in [-0.1, -0.05) is 12.1 Å². The zero-order valence-corrected chi connectivity index (χ0v) is 8.46. The molecule has 0 saturated heterocycles. The van der Waals surface area contributed by atoms with Crippen LogP contribution in [0.25, 0.3) is 0 Å². The van der Waals surface area contributed by atoms with Gasteiger partial charge in [0.2, 0.25) is 0 Å². The van der Waals surface area contributed by atoms with Crippen molar-refractivity contribution in [1.29, 1.82) is 0 Å². The van der Waals surface area contributed by atoms with Crippen LogP contribution >= 0.6 is 11.8 Å². The normalized spacial score (nSPS) is 10.1. The van der Waals surface area contributed by atoms with Gasteiger partial charge >= 0.3 is 5.97 Å². The van der Waals surface area contributed by atoms with E-state index in [0.29, 0.717) is 5.75 Å². The maximum Gasteiger partial charge on any atom is 0.307 e. The number of aliphatic carboxylic acids is 1. The van der Waals surface area contributed by atoms with Crippen molar-refractivity contribution in [3.8, 4) is 0 Å². The summed E-state index contributed by atoms with van der Waals surface area (Å²) in [4.78, 5) is 11.4. The molecule has 0 heterocycles. The number of hydrogen-bond acceptors (Lipinski definition) is 3. The monoisotopic (exact) mass is 212 g/mol. The Hall–Kier alpha value is -1.00. The summed E-state index contributed by atoms with van der Waals surface area (Å²) < 4.78 is 0. The molecular weight excluding hydrogens is 200 g/mol. The van der Waals surface area contributed by atoms with Crippen molar-refractivity contribution in [3.05, 3.63) is 29.8 Å². The molecule has 76 valence electrons. The smallest absolute Gasteiger partial charge is 0.307 e. The summed E-state index contributed by atoms with van der Waals surface area (Å²) in [5.74, 6) is -0.154. The lowest BCUT2D eigenvalue weighted by Gasteiger charge is -2.00. The molecule has 0 aliphatic carbocycles. The fraction of sp³-hybridized carbons (Fsp3) is 0.300. The first-order chi connectivity index (χ1) is 6.72. The maximum absolute atomic E-state index is 10.4. The minimum atomic E-state index is -0.819. The van der Waals surface area contributed by atoms with Gasteiger partial charge < -0.3 is 10.2 Å². The number of hydrogen-bond donors (Lipinski definition) is 2. The van der Waals surface area contributed by atoms with E-state index in [-0.39, 0.29) is 13.0 Å². The third kappa shape index (κ3) is 3.81. The number of carbonyl (C=O) groups is 1. The SMILES string of the molecule is O=C(O)Cc1ccc(SCCO)cc1. The molecular formula is C10H12O3S. The lowest BCUT2D eigenvalue weighted by molar-refractivity contribution is -0.136. The number of carboxylic acid groups (broad SMARTS) is 1. The molecule has 0 aliphatic rings. The van der Waals surface area contributed by atoms with Crippen LogP contribution in [0.15, 0.2) is 29.2 Å². The number of aliphatic hydroxyl groups excluding tert-OH is 1. The van der Waals surface area contributed by atoms with Crippen LogP contribution in [0.3, 0.4) is 0 Å². The topological polar surface area (TPSA) is 57.5 Å². The highest BCUT2D eigenvalue weighted by Crippen LogP contribution is 2.17. The molecule has 3 nitrogen and oxygen atoms in total. The largest absolute Gasteiger partial charge is 0.481 e. The number of thioether (sulfide) groups is 1. The molecule has 4 heteroatoms. The molecule has 0 spiro atoms. The highest BCUT2D eigenvalue weighted by molar-refractivity contribution is 7.99. The molecule has 0 atom stereocenters. The number of aliphatic hydroxyl groups is 1. The first-order valence-electron chi connectivity index (χ1n) is 4.27. The molecule has 0 radical (unpaired) electrons. The van der Waals surface area contributed by atoms with Gasteiger partial charge in [0.25, 0.3) is 0 Å². The average molecular weight is 212 g/mol. The van der Waals surface area contributed by atoms with Crippen LogP contribution in [-0.2, 0) is 11.2 Å². The second-order valence-corrected chi connectivity index (χ2v) is 3.95. The van der Waals surface area contributed by atoms with Gasteiger partial charge in [0.15, 0.2) is 0 Å². The van der Waals surface area contributed by atoms with Crippen molar-refractivity contribution in [2.45, 2.75) is 11.3 Å². The number of rotatable bonds is 5. The van der Waals surface area contributed by atoms with Crippen LogP contribution in [0.5, 0.6) is 0 Å². The Morgan fingerprint density at radius 3 is 2.43 bits per heavy atom. The van der Waals surface area contributed by atoms with Gasteiger partial charge in [0, 0.05) is 10.6 Å². The lowest BCUT2D eigenvalue weighted by Crippen LogP contribution is -1.99. The zero-order chi connectivity index (χ0) is 10.4. The Bertz CT molecular complexity index is 295. The summed E-state index contributed by atoms with van der Waals surface area (Å²) in [5.41, 5.74) is 0.797. The van der Waals surface area contributed by atoms with Gasteiger partial charge in [-0.25, -0.2) is 0 Å². The third-order valence-corrected chi connectivity index (χ3v) is 2.63. The Morgan fingerprint density at radius 1 is 1.29 bits per heavy atom. The molecule has 1 aromatic rings. The van der Waals surface area contributed by atoms with Crippen LogP contribution in [0.2, 0.25) is 0 Å². The summed E-state index contributed by atoms with van der Waals surface area (Å²) in [6.07, 6.45) is 0.0605. The van der Waals surface area contributed by atoms with Gasteiger partial charge in [-0.15, -0.1) is 11.8 Å². The molecule has 0 amide bonds. The predicted molar refractivity (Wildman–Crippen MR) is 55.6 cm³/mol. The van der Waals surface area contributed by atoms with E-state index in [1.54, 1.807) is 23.9 Å². The van der Waals surface area contributed by atoms with Crippen LogP contribution in [-0.4, -0.2) is 28.5 Å². The van der Waals surface area contributed by atoms with E-state index in [9.17, 15) is 4.79 Å². The minimum Gasteiger partial charge on any atom is -0.481 e. The molecule has 2 N–H and O–H groups in total. The molecule has 0 unspecified atom stereocenters. The van der Waals surface area contributed by atoms with Gasteiger partial charge in [0.05, 0.1) is 13.0 Å². The molecule has 0 fully saturated rings. The van der Waals surface area contributed by atoms with Gasteiger partial charge in [-0.3, -0.25) is 4.79 Å². The maximum atomic E-state index is 10.4. The van der Waals surface area contributed by atoms with E-state index in [0.717, 1.165) is 10.5 Å². The van der Waals surface area contributed by atoms with Crippen molar-refractivity contribution >= 4 is 17.7 Å². The second-order valence-electron chi connectivity index (χ2n) is 2.79. The Labute approximate surface area is 86.8 Å². The first-order valence-corrected chi connectivity index (χ1v) is 5.25. The molecule has 0 bridgehead atoms. The Morgan fingerprint density at radius 2 is 1.93 bits per heavy atom. The van der Waals surface area contributed by atoms with Crippen molar-refractivity contribution < 1.29 is 15.0 Å². The van der Waals surface area contributed by atoms with Crippen molar-refractivity contribution in [2.75, 3.05) is 12.4 Å². The molecule has 14 heavy (non-hydrogen) atoms. The van der Waals surface area contributed by atoms with Crippen LogP contribution in [0.1, 0.15) is 5.56 Å². The first kappa shape index (κ1) is 11.1. The van der Waals surface area contributed by atoms with Crippen molar-refractivity contribution in [3.63, 3.8) is 0 Å². The second kappa shape index (κ2) is 5.67. The Balaban J connectivity index is 2.54. The van der Waals surface area contributed by atoms with E-state index >= 15 is 0 Å². The minimum absolute atomic E-state index is 0.0605. The zero-order valence-electron chi connectivity index (χ0n) is 7.64. The molecule has 0 aromatic heterocycles. The predicted octanol–water partition coefficient (Wildman–Crippen LogP) is 1.40. The fourth-order valence-electron chi connectivity index (χ4n) is 1.04. The molecule has 0 aliphatic heterocycles. The summed E-state index contributed by atoms with van der Waals surface area (Å²) in [6.45, 7) is 0.154. The summed E-state index contributed by atoms with van der Waals surface area (Å²) >= 11 is 1.55. The van der Waals surface area contributed by atoms with E-state index in [2.05, 4.69) is 0 Å². The van der Waals surface area contributed by atoms with Gasteiger partial charge in [-0.05, 0) is 17.7 Å². The quantitative estimate of drug-likeness (QED) is 0.724. The summed E-state index contributed by atoms with van der Waals surface area (Å²) in [6, 6.07) is 7.35. The van der Waals surface area contributed by atoms with Crippen LogP contribution in [0, 0.1) is 0 Å². The van der Waals surface area contributed by atoms with Gasteiger partial charge in [-0.2, -0.15) is 0 Å². The number of carboxylic acids is 1. The highest BCUT2D eigenvalue weighted by Gasteiger charge is 2.00. The van der Waals surface area contributed by atoms with E-state index < -0.39 is 5.97 Å². The molecule has 1 aromatic carbocycles. The van der Waals surface area contributed by atoms with E-state index in [4.69, 9.17) is 10.2 Å². The summed E-state index contributed by atoms with van der Waals surface area (Å²) in [7, 11) is 0. The van der Waals surface area contributed by atoms with Crippen LogP contribution in [0.4, 0.5) is 0 Å². The summed E-state index contributed by atoms with van der Waals surface area (Å²) in [5, 5.41) is 17.1. The van der Waals surface area contributed by atoms with Gasteiger partial charge in [0.1, 0.15) is 0 Å². The standard InChI is InChI=1S/C10H12O3S/c11-5-6-14-9-3-1-8(2-4-9)7-10(12)13/h1-4,11H,5-7H2,(H,12,13). The fourth-order valence-corrected chi connectivity index (χ4v) is 1.70. The lowest BCUT2D eigenvalue weighted by atomic mass is 10.2. The molecule has 0 saturated carbocycles. The Kier molecular flexibility index (Phi) is 4.49. The average Bonchev–Trinajstić information content (AvgIpc) is 2.16. The van der Waals surface area contributed by atoms with Crippen LogP contribution < -0.4 is 0 Å². The third-order valence-electron chi connectivity index (χ3n) is 1.64. The van der Waals surface area contributed by atoms with Crippen molar-refractivity contribution in [1.82, 2.24) is 0 Å². The highest BCUT2D eigenvalue weighted by atomic mass is 32.2. The van der Waals surface area contributed by atoms with E-state index in [1.165, 1.54) is 0 Å².